The van der Waals surface area contributed by atoms with E-state index < -0.39 is 29.9 Å². The Hall–Kier alpha value is -2.48. The lowest BCUT2D eigenvalue weighted by molar-refractivity contribution is 0.109. The van der Waals surface area contributed by atoms with Gasteiger partial charge in [0.05, 0.1) is 17.9 Å². The van der Waals surface area contributed by atoms with Gasteiger partial charge in [-0.2, -0.15) is 0 Å². The first kappa shape index (κ1) is 18.9. The third-order valence-electron chi connectivity index (χ3n) is 3.27. The fourth-order valence-corrected chi connectivity index (χ4v) is 2.00. The second-order valence-corrected chi connectivity index (χ2v) is 4.98. The zero-order valence-corrected chi connectivity index (χ0v) is 13.5. The van der Waals surface area contributed by atoms with Crippen LogP contribution in [0.1, 0.15) is 12.5 Å². The number of rotatable bonds is 8. The van der Waals surface area contributed by atoms with Crippen LogP contribution in [0.5, 0.6) is 11.5 Å². The molecule has 0 saturated carbocycles. The van der Waals surface area contributed by atoms with Crippen molar-refractivity contribution in [1.29, 1.82) is 0 Å². The molecular formula is C17H17F4NO3. The first-order valence-electron chi connectivity index (χ1n) is 7.48. The van der Waals surface area contributed by atoms with Gasteiger partial charge in [0.2, 0.25) is 0 Å². The van der Waals surface area contributed by atoms with Crippen LogP contribution in [0.4, 0.5) is 23.2 Å². The number of nitrogen functional groups attached to an aromatic ring is 1. The topological polar surface area (TPSA) is 53.7 Å². The molecule has 0 unspecified atom stereocenters. The summed E-state index contributed by atoms with van der Waals surface area (Å²) in [7, 11) is 0. The van der Waals surface area contributed by atoms with Crippen molar-refractivity contribution in [3.05, 3.63) is 53.1 Å². The fourth-order valence-electron chi connectivity index (χ4n) is 2.00. The van der Waals surface area contributed by atoms with Crippen LogP contribution in [0.15, 0.2) is 24.3 Å². The maximum atomic E-state index is 14.0. The number of nitrogens with two attached hydrogens (primary N) is 1. The second-order valence-electron chi connectivity index (χ2n) is 4.98. The van der Waals surface area contributed by atoms with Crippen molar-refractivity contribution in [2.24, 2.45) is 0 Å². The quantitative estimate of drug-likeness (QED) is 0.442. The van der Waals surface area contributed by atoms with Crippen molar-refractivity contribution in [1.82, 2.24) is 0 Å². The maximum Gasteiger partial charge on any atom is 0.169 e. The van der Waals surface area contributed by atoms with E-state index in [1.165, 1.54) is 6.07 Å². The van der Waals surface area contributed by atoms with E-state index in [0.717, 1.165) is 12.1 Å². The molecule has 0 spiro atoms. The number of hydrogen-bond acceptors (Lipinski definition) is 4. The molecule has 25 heavy (non-hydrogen) atoms. The molecule has 0 bridgehead atoms. The fraction of sp³-hybridized carbons (Fsp3) is 0.294. The highest BCUT2D eigenvalue weighted by Gasteiger charge is 2.17. The summed E-state index contributed by atoms with van der Waals surface area (Å²) in [4.78, 5) is 0. The van der Waals surface area contributed by atoms with Gasteiger partial charge >= 0.3 is 0 Å². The molecule has 2 rings (SSSR count). The first-order valence-corrected chi connectivity index (χ1v) is 7.48. The Morgan fingerprint density at radius 2 is 1.64 bits per heavy atom. The highest BCUT2D eigenvalue weighted by atomic mass is 19.2. The summed E-state index contributed by atoms with van der Waals surface area (Å²) in [6, 6.07) is 3.62. The third-order valence-corrected chi connectivity index (χ3v) is 3.27. The zero-order valence-electron chi connectivity index (χ0n) is 13.5. The smallest absolute Gasteiger partial charge is 0.169 e. The van der Waals surface area contributed by atoms with Crippen molar-refractivity contribution in [2.75, 3.05) is 25.6 Å². The number of hydrogen-bond donors (Lipinski definition) is 1. The Bertz CT molecular complexity index is 740. The molecule has 2 N–H and O–H groups in total. The normalized spacial score (nSPS) is 10.8. The molecule has 136 valence electrons. The van der Waals surface area contributed by atoms with Gasteiger partial charge in [-0.1, -0.05) is 0 Å². The SMILES string of the molecule is CCOCCOc1ccc(F)c(F)c1COc1cc(N)c(F)cc1F. The van der Waals surface area contributed by atoms with Crippen LogP contribution < -0.4 is 15.2 Å². The van der Waals surface area contributed by atoms with Crippen LogP contribution in [0.2, 0.25) is 0 Å². The molecule has 2 aromatic carbocycles. The van der Waals surface area contributed by atoms with Crippen LogP contribution in [0.3, 0.4) is 0 Å². The number of anilines is 1. The summed E-state index contributed by atoms with van der Waals surface area (Å²) in [5.74, 6) is -4.58. The van der Waals surface area contributed by atoms with Gasteiger partial charge in [0, 0.05) is 18.7 Å². The standard InChI is InChI=1S/C17H17F4NO3/c1-2-23-5-6-24-15-4-3-11(18)17(21)10(15)9-25-16-8-14(22)12(19)7-13(16)20/h3-4,7-8H,2,5-6,9,22H2,1H3. The van der Waals surface area contributed by atoms with Crippen LogP contribution in [-0.4, -0.2) is 19.8 Å². The zero-order chi connectivity index (χ0) is 18.4. The highest BCUT2D eigenvalue weighted by molar-refractivity contribution is 5.46. The molecule has 0 radical (unpaired) electrons. The molecule has 2 aromatic rings. The number of ether oxygens (including phenoxy) is 3. The van der Waals surface area contributed by atoms with E-state index in [2.05, 4.69) is 0 Å². The van der Waals surface area contributed by atoms with E-state index >= 15 is 0 Å². The van der Waals surface area contributed by atoms with E-state index in [1.54, 1.807) is 6.92 Å². The molecule has 0 amide bonds. The summed E-state index contributed by atoms with van der Waals surface area (Å²) < 4.78 is 69.9. The van der Waals surface area contributed by atoms with Gasteiger partial charge in [0.15, 0.2) is 23.2 Å². The van der Waals surface area contributed by atoms with Crippen LogP contribution in [0.25, 0.3) is 0 Å². The molecule has 0 saturated heterocycles. The molecule has 0 atom stereocenters. The van der Waals surface area contributed by atoms with Gasteiger partial charge in [0.1, 0.15) is 24.8 Å². The van der Waals surface area contributed by atoms with Gasteiger partial charge in [-0.3, -0.25) is 0 Å². The summed E-state index contributed by atoms with van der Waals surface area (Å²) in [5, 5.41) is 0. The lowest BCUT2D eigenvalue weighted by Crippen LogP contribution is -2.10. The summed E-state index contributed by atoms with van der Waals surface area (Å²) in [6.07, 6.45) is 0. The number of halogens is 4. The molecule has 4 nitrogen and oxygen atoms in total. The predicted octanol–water partition coefficient (Wildman–Crippen LogP) is 3.82. The molecule has 0 aromatic heterocycles. The van der Waals surface area contributed by atoms with Crippen LogP contribution in [0, 0.1) is 23.3 Å². The molecule has 0 aliphatic heterocycles. The van der Waals surface area contributed by atoms with Crippen LogP contribution in [-0.2, 0) is 11.3 Å². The predicted molar refractivity (Wildman–Crippen MR) is 83.4 cm³/mol. The van der Waals surface area contributed by atoms with Crippen LogP contribution >= 0.6 is 0 Å². The van der Waals surface area contributed by atoms with E-state index in [1.807, 2.05) is 0 Å². The molecule has 0 aliphatic carbocycles. The minimum absolute atomic E-state index is 0.0362. The van der Waals surface area contributed by atoms with Crippen molar-refractivity contribution in [2.45, 2.75) is 13.5 Å². The lowest BCUT2D eigenvalue weighted by atomic mass is 10.2. The Morgan fingerprint density at radius 3 is 2.36 bits per heavy atom. The van der Waals surface area contributed by atoms with Gasteiger partial charge in [0.25, 0.3) is 0 Å². The Morgan fingerprint density at radius 1 is 0.880 bits per heavy atom. The van der Waals surface area contributed by atoms with E-state index in [9.17, 15) is 17.6 Å². The second kappa shape index (κ2) is 8.57. The van der Waals surface area contributed by atoms with E-state index in [-0.39, 0.29) is 36.0 Å². The molecular weight excluding hydrogens is 342 g/mol. The minimum Gasteiger partial charge on any atom is -0.491 e. The van der Waals surface area contributed by atoms with Crippen molar-refractivity contribution < 1.29 is 31.8 Å². The summed E-state index contributed by atoms with van der Waals surface area (Å²) in [6.45, 7) is 2.14. The van der Waals surface area contributed by atoms with Crippen molar-refractivity contribution in [3.8, 4) is 11.5 Å². The molecule has 8 heteroatoms. The average molecular weight is 359 g/mol. The lowest BCUT2D eigenvalue weighted by Gasteiger charge is -2.14. The first-order chi connectivity index (χ1) is 11.9. The summed E-state index contributed by atoms with van der Waals surface area (Å²) >= 11 is 0. The van der Waals surface area contributed by atoms with Gasteiger partial charge < -0.3 is 19.9 Å². The maximum absolute atomic E-state index is 14.0. The van der Waals surface area contributed by atoms with E-state index in [0.29, 0.717) is 12.7 Å². The molecule has 0 aliphatic rings. The van der Waals surface area contributed by atoms with Gasteiger partial charge in [-0.05, 0) is 19.1 Å². The van der Waals surface area contributed by atoms with Gasteiger partial charge in [-0.25, -0.2) is 17.6 Å². The van der Waals surface area contributed by atoms with Gasteiger partial charge in [-0.15, -0.1) is 0 Å². The van der Waals surface area contributed by atoms with Crippen molar-refractivity contribution in [3.63, 3.8) is 0 Å². The number of benzene rings is 2. The highest BCUT2D eigenvalue weighted by Crippen LogP contribution is 2.28. The Balaban J connectivity index is 2.17. The van der Waals surface area contributed by atoms with E-state index in [4.69, 9.17) is 19.9 Å². The largest absolute Gasteiger partial charge is 0.491 e. The van der Waals surface area contributed by atoms with Crippen molar-refractivity contribution >= 4 is 5.69 Å². The minimum atomic E-state index is -1.18. The molecule has 0 heterocycles. The Kier molecular flexibility index (Phi) is 6.46. The monoisotopic (exact) mass is 359 g/mol. The average Bonchev–Trinajstić information content (AvgIpc) is 2.58. The third kappa shape index (κ3) is 4.76. The molecule has 0 fully saturated rings. The Labute approximate surface area is 142 Å². The summed E-state index contributed by atoms with van der Waals surface area (Å²) in [5.41, 5.74) is 4.78.